The molecule has 0 bridgehead atoms. The van der Waals surface area contributed by atoms with E-state index in [2.05, 4.69) is 21.8 Å². The number of aromatic nitrogens is 2. The Balaban J connectivity index is 1.48. The predicted molar refractivity (Wildman–Crippen MR) is 94.2 cm³/mol. The third-order valence-corrected chi connectivity index (χ3v) is 5.33. The van der Waals surface area contributed by atoms with Gasteiger partial charge in [0, 0.05) is 43.1 Å². The molecule has 1 N–H and O–H groups in total. The van der Waals surface area contributed by atoms with Crippen molar-refractivity contribution in [1.82, 2.24) is 14.5 Å². The van der Waals surface area contributed by atoms with Crippen molar-refractivity contribution < 1.29 is 9.59 Å². The van der Waals surface area contributed by atoms with Crippen LogP contribution < -0.4 is 5.32 Å². The molecule has 1 aromatic heterocycles. The highest BCUT2D eigenvalue weighted by molar-refractivity contribution is 6.01. The second-order valence-corrected chi connectivity index (χ2v) is 6.89. The van der Waals surface area contributed by atoms with Gasteiger partial charge in [-0.2, -0.15) is 0 Å². The molecular weight excluding hydrogens is 316 g/mol. The number of nitrogens with one attached hydrogen (secondary N) is 1. The van der Waals surface area contributed by atoms with Crippen molar-refractivity contribution in [1.29, 1.82) is 0 Å². The second kappa shape index (κ2) is 6.35. The molecule has 6 heteroatoms. The minimum absolute atomic E-state index is 0.0723. The van der Waals surface area contributed by atoms with Crippen molar-refractivity contribution in [2.45, 2.75) is 38.1 Å². The van der Waals surface area contributed by atoms with Crippen LogP contribution in [0.5, 0.6) is 0 Å². The van der Waals surface area contributed by atoms with E-state index in [4.69, 9.17) is 0 Å². The van der Waals surface area contributed by atoms with Crippen LogP contribution in [0.1, 0.15) is 42.5 Å². The van der Waals surface area contributed by atoms with Crippen LogP contribution in [0.25, 0.3) is 0 Å². The highest BCUT2D eigenvalue weighted by Crippen LogP contribution is 2.34. The summed E-state index contributed by atoms with van der Waals surface area (Å²) in [6, 6.07) is 8.00. The van der Waals surface area contributed by atoms with Crippen molar-refractivity contribution in [2.24, 2.45) is 0 Å². The summed E-state index contributed by atoms with van der Waals surface area (Å²) in [5, 5.41) is 2.86. The van der Waals surface area contributed by atoms with Crippen molar-refractivity contribution >= 4 is 17.5 Å². The van der Waals surface area contributed by atoms with Crippen LogP contribution >= 0.6 is 0 Å². The number of rotatable bonds is 2. The maximum atomic E-state index is 13.0. The maximum Gasteiger partial charge on any atom is 0.230 e. The van der Waals surface area contributed by atoms with Gasteiger partial charge in [-0.1, -0.05) is 18.2 Å². The minimum Gasteiger partial charge on any atom is -0.342 e. The molecule has 0 aliphatic carbocycles. The number of amides is 2. The largest absolute Gasteiger partial charge is 0.342 e. The molecule has 0 spiro atoms. The Morgan fingerprint density at radius 3 is 2.72 bits per heavy atom. The zero-order valence-corrected chi connectivity index (χ0v) is 14.3. The summed E-state index contributed by atoms with van der Waals surface area (Å²) < 4.78 is 2.20. The van der Waals surface area contributed by atoms with Gasteiger partial charge in [0.2, 0.25) is 11.8 Å². The first-order chi connectivity index (χ1) is 12.1. The fourth-order valence-corrected chi connectivity index (χ4v) is 3.97. The number of carbonyl (C=O) groups excluding carboxylic acids is 2. The van der Waals surface area contributed by atoms with Gasteiger partial charge < -0.3 is 14.8 Å². The second-order valence-electron chi connectivity index (χ2n) is 6.89. The quantitative estimate of drug-likeness (QED) is 0.915. The van der Waals surface area contributed by atoms with Gasteiger partial charge in [-0.25, -0.2) is 4.98 Å². The predicted octanol–water partition coefficient (Wildman–Crippen LogP) is 2.48. The zero-order chi connectivity index (χ0) is 17.4. The number of likely N-dealkylation sites (tertiary alicyclic amines) is 1. The lowest BCUT2D eigenvalue weighted by molar-refractivity contribution is -0.136. The molecule has 1 saturated heterocycles. The van der Waals surface area contributed by atoms with Crippen LogP contribution in [0.15, 0.2) is 36.8 Å². The molecule has 0 saturated carbocycles. The molecule has 2 amide bonds. The van der Waals surface area contributed by atoms with Crippen LogP contribution in [0.4, 0.5) is 5.69 Å². The average molecular weight is 338 g/mol. The average Bonchev–Trinajstić information content (AvgIpc) is 3.06. The summed E-state index contributed by atoms with van der Waals surface area (Å²) in [7, 11) is 0. The summed E-state index contributed by atoms with van der Waals surface area (Å²) in [6.45, 7) is 3.50. The van der Waals surface area contributed by atoms with E-state index in [1.165, 1.54) is 0 Å². The lowest BCUT2D eigenvalue weighted by Crippen LogP contribution is -2.43. The van der Waals surface area contributed by atoms with E-state index in [9.17, 15) is 9.59 Å². The number of piperidine rings is 1. The number of imidazole rings is 1. The van der Waals surface area contributed by atoms with Crippen molar-refractivity contribution in [3.05, 3.63) is 48.0 Å². The normalized spacial score (nSPS) is 20.9. The Morgan fingerprint density at radius 1 is 1.24 bits per heavy atom. The molecule has 1 unspecified atom stereocenters. The Kier molecular flexibility index (Phi) is 4.03. The fourth-order valence-electron chi connectivity index (χ4n) is 3.97. The van der Waals surface area contributed by atoms with Crippen molar-refractivity contribution in [3.8, 4) is 0 Å². The van der Waals surface area contributed by atoms with Crippen LogP contribution in [0, 0.1) is 6.92 Å². The number of hydrogen-bond acceptors (Lipinski definition) is 3. The number of fused-ring (bicyclic) bond motifs is 1. The van der Waals surface area contributed by atoms with Gasteiger partial charge in [0.05, 0.1) is 12.2 Å². The molecule has 2 aliphatic heterocycles. The highest BCUT2D eigenvalue weighted by atomic mass is 16.2. The van der Waals surface area contributed by atoms with E-state index in [1.54, 1.807) is 0 Å². The SMILES string of the molecule is Cc1cncn1C1CCN(C(=O)C2CC(=O)Nc3ccccc32)CC1. The van der Waals surface area contributed by atoms with Crippen LogP contribution in [0.2, 0.25) is 0 Å². The van der Waals surface area contributed by atoms with Crippen molar-refractivity contribution in [3.63, 3.8) is 0 Å². The van der Waals surface area contributed by atoms with Crippen LogP contribution in [-0.4, -0.2) is 39.4 Å². The summed E-state index contributed by atoms with van der Waals surface area (Å²) >= 11 is 0. The number of aryl methyl sites for hydroxylation is 1. The summed E-state index contributed by atoms with van der Waals surface area (Å²) in [6.07, 6.45) is 5.82. The highest BCUT2D eigenvalue weighted by Gasteiger charge is 2.35. The third kappa shape index (κ3) is 2.92. The Hall–Kier alpha value is -2.63. The minimum atomic E-state index is -0.364. The molecule has 25 heavy (non-hydrogen) atoms. The molecule has 1 fully saturated rings. The first-order valence-corrected chi connectivity index (χ1v) is 8.79. The van der Waals surface area contributed by atoms with Crippen LogP contribution in [-0.2, 0) is 9.59 Å². The van der Waals surface area contributed by atoms with Gasteiger partial charge in [0.1, 0.15) is 0 Å². The van der Waals surface area contributed by atoms with Gasteiger partial charge in [0.15, 0.2) is 0 Å². The third-order valence-electron chi connectivity index (χ3n) is 5.33. The molecule has 2 aromatic rings. The number of anilines is 1. The lowest BCUT2D eigenvalue weighted by atomic mass is 9.88. The number of hydrogen-bond donors (Lipinski definition) is 1. The molecule has 2 aliphatic rings. The van der Waals surface area contributed by atoms with E-state index in [0.717, 1.165) is 42.9 Å². The van der Waals surface area contributed by atoms with E-state index in [0.29, 0.717) is 6.04 Å². The maximum absolute atomic E-state index is 13.0. The van der Waals surface area contributed by atoms with E-state index < -0.39 is 0 Å². The summed E-state index contributed by atoms with van der Waals surface area (Å²) in [5.74, 6) is -0.374. The smallest absolute Gasteiger partial charge is 0.230 e. The molecule has 0 radical (unpaired) electrons. The Bertz CT molecular complexity index is 805. The van der Waals surface area contributed by atoms with Crippen LogP contribution in [0.3, 0.4) is 0 Å². The van der Waals surface area contributed by atoms with Crippen molar-refractivity contribution in [2.75, 3.05) is 18.4 Å². The summed E-state index contributed by atoms with van der Waals surface area (Å²) in [5.41, 5.74) is 2.85. The molecular formula is C19H22N4O2. The van der Waals surface area contributed by atoms with E-state index >= 15 is 0 Å². The van der Waals surface area contributed by atoms with E-state index in [1.807, 2.05) is 41.7 Å². The first kappa shape index (κ1) is 15.9. The zero-order valence-electron chi connectivity index (χ0n) is 14.3. The number of nitrogens with zero attached hydrogens (tertiary/aromatic N) is 3. The van der Waals surface area contributed by atoms with Gasteiger partial charge in [-0.05, 0) is 31.4 Å². The topological polar surface area (TPSA) is 67.2 Å². The molecule has 3 heterocycles. The number of carbonyl (C=O) groups is 2. The number of benzene rings is 1. The van der Waals surface area contributed by atoms with Gasteiger partial charge in [-0.3, -0.25) is 9.59 Å². The fraction of sp³-hybridized carbons (Fsp3) is 0.421. The lowest BCUT2D eigenvalue weighted by Gasteiger charge is -2.36. The number of para-hydroxylation sites is 1. The van der Waals surface area contributed by atoms with Gasteiger partial charge in [-0.15, -0.1) is 0 Å². The van der Waals surface area contributed by atoms with Gasteiger partial charge in [0.25, 0.3) is 0 Å². The van der Waals surface area contributed by atoms with Gasteiger partial charge >= 0.3 is 0 Å². The molecule has 130 valence electrons. The molecule has 1 aromatic carbocycles. The molecule has 1 atom stereocenters. The van der Waals surface area contributed by atoms with E-state index in [-0.39, 0.29) is 24.2 Å². The monoisotopic (exact) mass is 338 g/mol. The molecule has 4 rings (SSSR count). The summed E-state index contributed by atoms with van der Waals surface area (Å²) in [4.78, 5) is 31.1. The molecule has 6 nitrogen and oxygen atoms in total. The Morgan fingerprint density at radius 2 is 2.00 bits per heavy atom. The standard InChI is InChI=1S/C19H22N4O2/c1-13-11-20-12-23(13)14-6-8-22(9-7-14)19(25)16-10-18(24)21-17-5-3-2-4-15(16)17/h2-5,11-12,14,16H,6-10H2,1H3,(H,21,24). The first-order valence-electron chi connectivity index (χ1n) is 8.79. The Labute approximate surface area is 146 Å².